The Kier molecular flexibility index (Phi) is 6.04. The summed E-state index contributed by atoms with van der Waals surface area (Å²) in [6.07, 6.45) is 6.86. The van der Waals surface area contributed by atoms with Crippen molar-refractivity contribution in [2.45, 2.75) is 18.8 Å². The number of aliphatic imine (C=N–C) groups is 1. The quantitative estimate of drug-likeness (QED) is 0.624. The monoisotopic (exact) mass is 389 g/mol. The molecule has 3 aromatic rings. The van der Waals surface area contributed by atoms with Gasteiger partial charge in [0.1, 0.15) is 5.75 Å². The molecule has 28 heavy (non-hydrogen) atoms. The van der Waals surface area contributed by atoms with E-state index in [4.69, 9.17) is 4.74 Å². The topological polar surface area (TPSA) is 46.5 Å². The maximum Gasteiger partial charge on any atom is 0.151 e. The number of rotatable bonds is 7. The Hall–Kier alpha value is -2.63. The Morgan fingerprint density at radius 1 is 1.14 bits per heavy atom. The van der Waals surface area contributed by atoms with Gasteiger partial charge in [-0.2, -0.15) is 0 Å². The standard InChI is InChI=1S/C23H23N3OS/c1-2-27-22-8-4-3-6-18(22)11-13-25-23-26-16-20(28-23)15-17-9-10-21-19(14-17)7-5-12-24-21/h3-10,12,14-16,23,25H,2,11,13H2,1H3/b20-15-. The number of nitrogens with zero attached hydrogens (tertiary/aromatic N) is 2. The molecule has 1 atom stereocenters. The molecule has 0 aliphatic carbocycles. The third-order valence-corrected chi connectivity index (χ3v) is 5.51. The average molecular weight is 390 g/mol. The summed E-state index contributed by atoms with van der Waals surface area (Å²) < 4.78 is 5.70. The third-order valence-electron chi connectivity index (χ3n) is 4.51. The molecule has 1 N–H and O–H groups in total. The fourth-order valence-electron chi connectivity index (χ4n) is 3.18. The second kappa shape index (κ2) is 9.04. The molecule has 4 rings (SSSR count). The summed E-state index contributed by atoms with van der Waals surface area (Å²) in [7, 11) is 0. The lowest BCUT2D eigenvalue weighted by Crippen LogP contribution is -2.24. The number of hydrogen-bond acceptors (Lipinski definition) is 5. The normalized spacial score (nSPS) is 17.5. The SMILES string of the molecule is CCOc1ccccc1CCNC1N=C/C(=C/c2ccc3ncccc3c2)S1. The summed E-state index contributed by atoms with van der Waals surface area (Å²) in [6, 6.07) is 18.6. The molecule has 2 heterocycles. The summed E-state index contributed by atoms with van der Waals surface area (Å²) in [5, 5.41) is 4.66. The van der Waals surface area contributed by atoms with Crippen LogP contribution in [0.2, 0.25) is 0 Å². The first kappa shape index (κ1) is 18.7. The fraction of sp³-hybridized carbons (Fsp3) is 0.217. The fourth-order valence-corrected chi connectivity index (χ4v) is 4.09. The highest BCUT2D eigenvalue weighted by Gasteiger charge is 2.15. The lowest BCUT2D eigenvalue weighted by molar-refractivity contribution is 0.336. The molecular formula is C23H23N3OS. The number of nitrogens with one attached hydrogen (secondary N) is 1. The molecule has 1 aliphatic heterocycles. The molecule has 0 radical (unpaired) electrons. The van der Waals surface area contributed by atoms with Crippen LogP contribution < -0.4 is 10.1 Å². The van der Waals surface area contributed by atoms with Gasteiger partial charge in [0, 0.05) is 29.2 Å². The molecule has 0 saturated carbocycles. The van der Waals surface area contributed by atoms with Gasteiger partial charge in [-0.3, -0.25) is 15.3 Å². The smallest absolute Gasteiger partial charge is 0.151 e. The van der Waals surface area contributed by atoms with Crippen molar-refractivity contribution in [1.29, 1.82) is 0 Å². The van der Waals surface area contributed by atoms with Crippen LogP contribution in [0, 0.1) is 0 Å². The zero-order valence-electron chi connectivity index (χ0n) is 15.8. The van der Waals surface area contributed by atoms with Crippen molar-refractivity contribution in [3.05, 3.63) is 76.8 Å². The molecule has 4 nitrogen and oxygen atoms in total. The van der Waals surface area contributed by atoms with E-state index in [2.05, 4.69) is 57.8 Å². The van der Waals surface area contributed by atoms with E-state index in [1.54, 1.807) is 11.8 Å². The van der Waals surface area contributed by atoms with Gasteiger partial charge in [-0.25, -0.2) is 0 Å². The van der Waals surface area contributed by atoms with Gasteiger partial charge >= 0.3 is 0 Å². The molecule has 1 unspecified atom stereocenters. The van der Waals surface area contributed by atoms with Gasteiger partial charge in [0.05, 0.1) is 12.1 Å². The van der Waals surface area contributed by atoms with E-state index in [0.29, 0.717) is 6.61 Å². The first-order chi connectivity index (χ1) is 13.8. The summed E-state index contributed by atoms with van der Waals surface area (Å²) in [6.45, 7) is 3.55. The molecule has 0 fully saturated rings. The number of para-hydroxylation sites is 1. The zero-order chi connectivity index (χ0) is 19.2. The van der Waals surface area contributed by atoms with Crippen molar-refractivity contribution >= 4 is 35.0 Å². The number of aromatic nitrogens is 1. The summed E-state index contributed by atoms with van der Waals surface area (Å²) in [5.74, 6) is 0.973. The maximum absolute atomic E-state index is 5.70. The Bertz CT molecular complexity index is 1020. The van der Waals surface area contributed by atoms with Gasteiger partial charge < -0.3 is 4.74 Å². The number of allylic oxidation sites excluding steroid dienone is 1. The minimum absolute atomic E-state index is 0.0626. The summed E-state index contributed by atoms with van der Waals surface area (Å²) >= 11 is 1.74. The highest BCUT2D eigenvalue weighted by Crippen LogP contribution is 2.28. The molecule has 1 aromatic heterocycles. The van der Waals surface area contributed by atoms with E-state index in [-0.39, 0.29) is 5.50 Å². The first-order valence-electron chi connectivity index (χ1n) is 9.52. The van der Waals surface area contributed by atoms with E-state index < -0.39 is 0 Å². The second-order valence-electron chi connectivity index (χ2n) is 6.50. The van der Waals surface area contributed by atoms with Crippen LogP contribution in [0.25, 0.3) is 17.0 Å². The summed E-state index contributed by atoms with van der Waals surface area (Å²) in [5.41, 5.74) is 3.47. The van der Waals surface area contributed by atoms with Gasteiger partial charge in [-0.1, -0.05) is 42.1 Å². The van der Waals surface area contributed by atoms with Crippen LogP contribution in [0.15, 0.2) is 70.7 Å². The van der Waals surface area contributed by atoms with Crippen molar-refractivity contribution in [3.63, 3.8) is 0 Å². The van der Waals surface area contributed by atoms with E-state index in [9.17, 15) is 0 Å². The number of ether oxygens (including phenoxy) is 1. The van der Waals surface area contributed by atoms with Crippen LogP contribution in [0.4, 0.5) is 0 Å². The number of benzene rings is 2. The van der Waals surface area contributed by atoms with Gasteiger partial charge in [0.2, 0.25) is 0 Å². The number of fused-ring (bicyclic) bond motifs is 1. The molecule has 0 saturated heterocycles. The van der Waals surface area contributed by atoms with Gasteiger partial charge in [0.25, 0.3) is 0 Å². The minimum Gasteiger partial charge on any atom is -0.494 e. The van der Waals surface area contributed by atoms with E-state index in [0.717, 1.165) is 34.5 Å². The van der Waals surface area contributed by atoms with E-state index in [1.807, 2.05) is 37.5 Å². The minimum atomic E-state index is 0.0626. The highest BCUT2D eigenvalue weighted by atomic mass is 32.2. The predicted octanol–water partition coefficient (Wildman–Crippen LogP) is 4.91. The third kappa shape index (κ3) is 4.61. The zero-order valence-corrected chi connectivity index (χ0v) is 16.7. The highest BCUT2D eigenvalue weighted by molar-refractivity contribution is 8.04. The van der Waals surface area contributed by atoms with Gasteiger partial charge in [0.15, 0.2) is 5.50 Å². The van der Waals surface area contributed by atoms with Crippen LogP contribution in [-0.4, -0.2) is 29.8 Å². The second-order valence-corrected chi connectivity index (χ2v) is 7.65. The molecule has 0 spiro atoms. The Morgan fingerprint density at radius 3 is 3.00 bits per heavy atom. The van der Waals surface area contributed by atoms with Crippen molar-refractivity contribution in [1.82, 2.24) is 10.3 Å². The van der Waals surface area contributed by atoms with E-state index >= 15 is 0 Å². The van der Waals surface area contributed by atoms with Crippen LogP contribution in [0.1, 0.15) is 18.1 Å². The van der Waals surface area contributed by atoms with Gasteiger partial charge in [-0.15, -0.1) is 0 Å². The van der Waals surface area contributed by atoms with Crippen LogP contribution >= 0.6 is 11.8 Å². The van der Waals surface area contributed by atoms with Crippen molar-refractivity contribution in [3.8, 4) is 5.75 Å². The Balaban J connectivity index is 1.33. The molecule has 1 aliphatic rings. The van der Waals surface area contributed by atoms with E-state index in [1.165, 1.54) is 11.1 Å². The number of pyridine rings is 1. The molecule has 0 bridgehead atoms. The predicted molar refractivity (Wildman–Crippen MR) is 119 cm³/mol. The number of hydrogen-bond donors (Lipinski definition) is 1. The molecule has 5 heteroatoms. The molecule has 2 aromatic carbocycles. The molecular weight excluding hydrogens is 366 g/mol. The largest absolute Gasteiger partial charge is 0.494 e. The van der Waals surface area contributed by atoms with Crippen molar-refractivity contribution in [2.75, 3.05) is 13.2 Å². The van der Waals surface area contributed by atoms with Crippen molar-refractivity contribution in [2.24, 2.45) is 4.99 Å². The van der Waals surface area contributed by atoms with Gasteiger partial charge in [-0.05, 0) is 54.8 Å². The lowest BCUT2D eigenvalue weighted by Gasteiger charge is -2.12. The van der Waals surface area contributed by atoms with Crippen molar-refractivity contribution < 1.29 is 4.74 Å². The molecule has 142 valence electrons. The average Bonchev–Trinajstić information content (AvgIpc) is 3.16. The van der Waals surface area contributed by atoms with Crippen LogP contribution in [0.3, 0.4) is 0 Å². The Morgan fingerprint density at radius 2 is 2.07 bits per heavy atom. The summed E-state index contributed by atoms with van der Waals surface area (Å²) in [4.78, 5) is 10.1. The Labute approximate surface area is 169 Å². The van der Waals surface area contributed by atoms with Crippen LogP contribution in [0.5, 0.6) is 5.75 Å². The first-order valence-corrected chi connectivity index (χ1v) is 10.4. The number of thioether (sulfide) groups is 1. The molecule has 0 amide bonds. The lowest BCUT2D eigenvalue weighted by atomic mass is 10.1. The van der Waals surface area contributed by atoms with Crippen LogP contribution in [-0.2, 0) is 6.42 Å². The maximum atomic E-state index is 5.70.